The van der Waals surface area contributed by atoms with Gasteiger partial charge in [-0.15, -0.1) is 0 Å². The molecule has 22 heavy (non-hydrogen) atoms. The van der Waals surface area contributed by atoms with Crippen LogP contribution in [0.1, 0.15) is 26.7 Å². The summed E-state index contributed by atoms with van der Waals surface area (Å²) in [6, 6.07) is 0. The summed E-state index contributed by atoms with van der Waals surface area (Å²) in [6.07, 6.45) is 16.2. The SMILES string of the molecule is C[C@@]12C3=CCC=C1C1=C(NN=NC1)C1=CCC=C(C=C3)[C@]12C. The van der Waals surface area contributed by atoms with Crippen LogP contribution >= 0.6 is 0 Å². The van der Waals surface area contributed by atoms with Crippen LogP contribution in [-0.4, -0.2) is 6.54 Å². The van der Waals surface area contributed by atoms with Crippen molar-refractivity contribution < 1.29 is 0 Å². The molecule has 0 saturated carbocycles. The summed E-state index contributed by atoms with van der Waals surface area (Å²) in [5, 5.41) is 8.34. The topological polar surface area (TPSA) is 36.8 Å². The third-order valence-electron chi connectivity index (χ3n) is 6.35. The van der Waals surface area contributed by atoms with E-state index in [1.807, 2.05) is 0 Å². The number of fused-ring (bicyclic) bond motifs is 2. The molecule has 4 aliphatic carbocycles. The summed E-state index contributed by atoms with van der Waals surface area (Å²) in [6.45, 7) is 5.50. The van der Waals surface area contributed by atoms with Crippen LogP contribution < -0.4 is 5.43 Å². The Kier molecular flexibility index (Phi) is 2.13. The van der Waals surface area contributed by atoms with Crippen LogP contribution in [0.25, 0.3) is 0 Å². The van der Waals surface area contributed by atoms with Crippen molar-refractivity contribution >= 4 is 0 Å². The molecule has 3 heteroatoms. The van der Waals surface area contributed by atoms with Crippen molar-refractivity contribution in [2.24, 2.45) is 21.2 Å². The zero-order valence-corrected chi connectivity index (χ0v) is 13.0. The highest BCUT2D eigenvalue weighted by Gasteiger charge is 2.59. The first-order valence-electron chi connectivity index (χ1n) is 8.04. The minimum atomic E-state index is -0.0171. The zero-order valence-electron chi connectivity index (χ0n) is 13.0. The molecule has 1 aliphatic heterocycles. The smallest absolute Gasteiger partial charge is 0.0894 e. The summed E-state index contributed by atoms with van der Waals surface area (Å²) in [4.78, 5) is 0. The molecule has 110 valence electrons. The number of rotatable bonds is 0. The summed E-state index contributed by atoms with van der Waals surface area (Å²) in [7, 11) is 0. The lowest BCUT2D eigenvalue weighted by molar-refractivity contribution is 0.231. The highest BCUT2D eigenvalue weighted by atomic mass is 15.4. The van der Waals surface area contributed by atoms with Gasteiger partial charge >= 0.3 is 0 Å². The van der Waals surface area contributed by atoms with Crippen molar-refractivity contribution in [3.63, 3.8) is 0 Å². The van der Waals surface area contributed by atoms with Crippen LogP contribution in [0, 0.1) is 10.8 Å². The molecule has 0 spiro atoms. The van der Waals surface area contributed by atoms with E-state index < -0.39 is 0 Å². The molecule has 0 unspecified atom stereocenters. The van der Waals surface area contributed by atoms with Crippen LogP contribution in [0.5, 0.6) is 0 Å². The van der Waals surface area contributed by atoms with Gasteiger partial charge in [-0.2, -0.15) is 5.11 Å². The van der Waals surface area contributed by atoms with Gasteiger partial charge in [-0.05, 0) is 35.1 Å². The number of hydrogen-bond acceptors (Lipinski definition) is 3. The maximum atomic E-state index is 4.24. The van der Waals surface area contributed by atoms with E-state index in [0.717, 1.165) is 12.8 Å². The van der Waals surface area contributed by atoms with Crippen LogP contribution in [0.2, 0.25) is 0 Å². The van der Waals surface area contributed by atoms with Crippen molar-refractivity contribution in [3.05, 3.63) is 70.0 Å². The average molecular weight is 289 g/mol. The highest BCUT2D eigenvalue weighted by molar-refractivity contribution is 5.69. The van der Waals surface area contributed by atoms with Crippen molar-refractivity contribution in [2.75, 3.05) is 6.54 Å². The lowest BCUT2D eigenvalue weighted by atomic mass is 9.44. The van der Waals surface area contributed by atoms with Gasteiger partial charge in [0.25, 0.3) is 0 Å². The molecule has 0 saturated heterocycles. The van der Waals surface area contributed by atoms with Gasteiger partial charge in [0, 0.05) is 16.4 Å². The summed E-state index contributed by atoms with van der Waals surface area (Å²) < 4.78 is 0. The van der Waals surface area contributed by atoms with Gasteiger partial charge in [0.15, 0.2) is 0 Å². The van der Waals surface area contributed by atoms with Crippen molar-refractivity contribution in [3.8, 4) is 0 Å². The van der Waals surface area contributed by atoms with Gasteiger partial charge < -0.3 is 0 Å². The molecule has 5 aliphatic rings. The first-order valence-corrected chi connectivity index (χ1v) is 8.04. The molecule has 0 aromatic heterocycles. The third-order valence-corrected chi connectivity index (χ3v) is 6.35. The molecule has 0 aromatic carbocycles. The van der Waals surface area contributed by atoms with E-state index in [4.69, 9.17) is 0 Å². The summed E-state index contributed by atoms with van der Waals surface area (Å²) in [5.41, 5.74) is 11.5. The zero-order chi connectivity index (χ0) is 14.9. The highest BCUT2D eigenvalue weighted by Crippen LogP contribution is 2.68. The number of nitrogens with zero attached hydrogens (tertiary/aromatic N) is 2. The minimum absolute atomic E-state index is 0.00542. The predicted molar refractivity (Wildman–Crippen MR) is 86.8 cm³/mol. The van der Waals surface area contributed by atoms with Crippen LogP contribution in [0.3, 0.4) is 0 Å². The van der Waals surface area contributed by atoms with Gasteiger partial charge in [-0.3, -0.25) is 5.43 Å². The lowest BCUT2D eigenvalue weighted by Gasteiger charge is -2.59. The van der Waals surface area contributed by atoms with E-state index in [-0.39, 0.29) is 10.8 Å². The molecule has 2 atom stereocenters. The van der Waals surface area contributed by atoms with E-state index in [1.54, 1.807) is 0 Å². The lowest BCUT2D eigenvalue weighted by Crippen LogP contribution is -2.51. The van der Waals surface area contributed by atoms with Gasteiger partial charge in [0.1, 0.15) is 0 Å². The van der Waals surface area contributed by atoms with Crippen molar-refractivity contribution in [1.82, 2.24) is 5.43 Å². The Morgan fingerprint density at radius 2 is 1.55 bits per heavy atom. The number of allylic oxidation sites excluding steroid dienone is 9. The van der Waals surface area contributed by atoms with E-state index in [2.05, 4.69) is 66.1 Å². The molecule has 0 aromatic rings. The largest absolute Gasteiger partial charge is 0.260 e. The monoisotopic (exact) mass is 289 g/mol. The quantitative estimate of drug-likeness (QED) is 0.708. The molecule has 0 fully saturated rings. The fourth-order valence-electron chi connectivity index (χ4n) is 5.06. The van der Waals surface area contributed by atoms with Crippen LogP contribution in [0.4, 0.5) is 0 Å². The standard InChI is InChI=1S/C19H19N3/c1-18-12-5-3-7-15(18)14-11-20-22-21-17(14)16-8-4-6-13(10-9-12)19(16,18)2/h5-10H,3-4,11H2,1-2H3,(H,20,21)/t18-,19-/m1/s1. The fraction of sp³-hybridized carbons (Fsp3) is 0.368. The predicted octanol–water partition coefficient (Wildman–Crippen LogP) is 4.32. The molecule has 1 heterocycles. The Balaban J connectivity index is 1.90. The number of hydrogen-bond donors (Lipinski definition) is 1. The fourth-order valence-corrected chi connectivity index (χ4v) is 5.06. The van der Waals surface area contributed by atoms with E-state index >= 15 is 0 Å². The normalized spacial score (nSPS) is 37.4. The summed E-state index contributed by atoms with van der Waals surface area (Å²) >= 11 is 0. The van der Waals surface area contributed by atoms with E-state index in [9.17, 15) is 0 Å². The van der Waals surface area contributed by atoms with Gasteiger partial charge in [-0.25, -0.2) is 0 Å². The Hall–Kier alpha value is -2.16. The second-order valence-corrected chi connectivity index (χ2v) is 6.97. The molecule has 1 N–H and O–H groups in total. The van der Waals surface area contributed by atoms with Crippen molar-refractivity contribution in [2.45, 2.75) is 26.7 Å². The molecule has 0 radical (unpaired) electrons. The van der Waals surface area contributed by atoms with Crippen molar-refractivity contribution in [1.29, 1.82) is 0 Å². The molecular formula is C19H19N3. The maximum absolute atomic E-state index is 4.24. The Bertz CT molecular complexity index is 750. The molecule has 5 rings (SSSR count). The molecule has 0 bridgehead atoms. The van der Waals surface area contributed by atoms with E-state index in [1.165, 1.54) is 33.6 Å². The second-order valence-electron chi connectivity index (χ2n) is 6.97. The first kappa shape index (κ1) is 12.4. The molecule has 3 nitrogen and oxygen atoms in total. The average Bonchev–Trinajstić information content (AvgIpc) is 2.54. The van der Waals surface area contributed by atoms with Crippen LogP contribution in [0.15, 0.2) is 80.4 Å². The van der Waals surface area contributed by atoms with E-state index in [0.29, 0.717) is 6.54 Å². The van der Waals surface area contributed by atoms with Gasteiger partial charge in [0.05, 0.1) is 12.2 Å². The molecule has 0 amide bonds. The first-order chi connectivity index (χ1) is 10.7. The third kappa shape index (κ3) is 1.13. The number of nitrogens with one attached hydrogen (secondary N) is 1. The van der Waals surface area contributed by atoms with Crippen LogP contribution in [-0.2, 0) is 0 Å². The maximum Gasteiger partial charge on any atom is 0.0894 e. The Morgan fingerprint density at radius 3 is 2.27 bits per heavy atom. The second kappa shape index (κ2) is 3.78. The Labute approximate surface area is 130 Å². The van der Waals surface area contributed by atoms with Gasteiger partial charge in [-0.1, -0.05) is 55.5 Å². The molecular weight excluding hydrogens is 270 g/mol. The summed E-state index contributed by atoms with van der Waals surface area (Å²) in [5.74, 6) is 0. The minimum Gasteiger partial charge on any atom is -0.260 e. The Morgan fingerprint density at radius 1 is 0.909 bits per heavy atom. The van der Waals surface area contributed by atoms with Gasteiger partial charge in [0.2, 0.25) is 0 Å².